The quantitative estimate of drug-likeness (QED) is 0.657. The number of thiocarbonyl (C=S) groups is 1. The summed E-state index contributed by atoms with van der Waals surface area (Å²) in [5.74, 6) is 0.816. The van der Waals surface area contributed by atoms with E-state index in [-0.39, 0.29) is 5.97 Å². The monoisotopic (exact) mass is 371 g/mol. The van der Waals surface area contributed by atoms with Gasteiger partial charge in [0.15, 0.2) is 5.11 Å². The van der Waals surface area contributed by atoms with Gasteiger partial charge >= 0.3 is 5.97 Å². The SMILES string of the molecule is CCOC(=O)c1ccc(NC(=S)N2CCN(c3cccc[nH+]3)CC2)cc1. The largest absolute Gasteiger partial charge is 0.462 e. The zero-order chi connectivity index (χ0) is 18.4. The summed E-state index contributed by atoms with van der Waals surface area (Å²) in [6.07, 6.45) is 1.94. The number of aromatic amines is 1. The van der Waals surface area contributed by atoms with Gasteiger partial charge in [0.05, 0.1) is 31.5 Å². The minimum atomic E-state index is -0.310. The molecule has 2 aromatic rings. The molecule has 1 saturated heterocycles. The van der Waals surface area contributed by atoms with Crippen molar-refractivity contribution in [3.8, 4) is 0 Å². The third-order valence-corrected chi connectivity index (χ3v) is 4.61. The molecular formula is C19H23N4O2S+. The summed E-state index contributed by atoms with van der Waals surface area (Å²) in [6.45, 7) is 5.69. The molecule has 0 radical (unpaired) electrons. The van der Waals surface area contributed by atoms with Gasteiger partial charge < -0.3 is 15.0 Å². The normalized spacial score (nSPS) is 14.0. The van der Waals surface area contributed by atoms with Crippen LogP contribution in [-0.4, -0.2) is 48.8 Å². The molecule has 0 spiro atoms. The molecule has 1 fully saturated rings. The number of pyridine rings is 1. The molecule has 0 atom stereocenters. The second-order valence-electron chi connectivity index (χ2n) is 5.95. The van der Waals surface area contributed by atoms with Crippen molar-refractivity contribution < 1.29 is 14.5 Å². The number of aromatic nitrogens is 1. The fraction of sp³-hybridized carbons (Fsp3) is 0.316. The fourth-order valence-electron chi connectivity index (χ4n) is 2.84. The highest BCUT2D eigenvalue weighted by atomic mass is 32.1. The number of piperazine rings is 1. The van der Waals surface area contributed by atoms with Crippen LogP contribution in [-0.2, 0) is 4.74 Å². The van der Waals surface area contributed by atoms with Crippen molar-refractivity contribution in [2.24, 2.45) is 0 Å². The molecule has 1 aromatic heterocycles. The minimum absolute atomic E-state index is 0.310. The Balaban J connectivity index is 1.52. The number of H-pyrrole nitrogens is 1. The molecule has 0 bridgehead atoms. The van der Waals surface area contributed by atoms with E-state index < -0.39 is 0 Å². The summed E-state index contributed by atoms with van der Waals surface area (Å²) in [5.41, 5.74) is 1.40. The fourth-order valence-corrected chi connectivity index (χ4v) is 3.14. The van der Waals surface area contributed by atoms with Crippen LogP contribution >= 0.6 is 12.2 Å². The van der Waals surface area contributed by atoms with E-state index >= 15 is 0 Å². The molecule has 1 aliphatic heterocycles. The van der Waals surface area contributed by atoms with E-state index in [1.165, 1.54) is 0 Å². The van der Waals surface area contributed by atoms with Gasteiger partial charge in [-0.3, -0.25) is 4.90 Å². The first kappa shape index (κ1) is 18.1. The highest BCUT2D eigenvalue weighted by molar-refractivity contribution is 7.80. The van der Waals surface area contributed by atoms with Crippen LogP contribution in [0.1, 0.15) is 17.3 Å². The first-order chi connectivity index (χ1) is 12.7. The number of carbonyl (C=O) groups excluding carboxylic acids is 1. The lowest BCUT2D eigenvalue weighted by Crippen LogP contribution is -2.51. The van der Waals surface area contributed by atoms with Gasteiger partial charge in [-0.15, -0.1) is 0 Å². The van der Waals surface area contributed by atoms with Gasteiger partial charge in [0.1, 0.15) is 13.1 Å². The second kappa shape index (κ2) is 8.62. The summed E-state index contributed by atoms with van der Waals surface area (Å²) in [4.78, 5) is 19.4. The molecule has 0 saturated carbocycles. The van der Waals surface area contributed by atoms with Gasteiger partial charge in [-0.1, -0.05) is 6.07 Å². The average molecular weight is 371 g/mol. The van der Waals surface area contributed by atoms with Gasteiger partial charge in [0, 0.05) is 11.8 Å². The Morgan fingerprint density at radius 2 is 1.88 bits per heavy atom. The summed E-state index contributed by atoms with van der Waals surface area (Å²) in [7, 11) is 0. The van der Waals surface area contributed by atoms with Gasteiger partial charge in [0.2, 0.25) is 0 Å². The second-order valence-corrected chi connectivity index (χ2v) is 6.34. The summed E-state index contributed by atoms with van der Waals surface area (Å²) in [5, 5.41) is 3.94. The van der Waals surface area contributed by atoms with E-state index in [2.05, 4.69) is 26.2 Å². The average Bonchev–Trinajstić information content (AvgIpc) is 2.69. The third kappa shape index (κ3) is 4.49. The van der Waals surface area contributed by atoms with Crippen LogP contribution in [0.4, 0.5) is 11.5 Å². The Kier molecular flexibility index (Phi) is 6.01. The highest BCUT2D eigenvalue weighted by Crippen LogP contribution is 2.14. The molecule has 0 amide bonds. The van der Waals surface area contributed by atoms with E-state index in [0.29, 0.717) is 17.3 Å². The van der Waals surface area contributed by atoms with Crippen LogP contribution in [0, 0.1) is 0 Å². The van der Waals surface area contributed by atoms with Crippen LogP contribution in [0.3, 0.4) is 0 Å². The van der Waals surface area contributed by atoms with Gasteiger partial charge in [-0.25, -0.2) is 9.78 Å². The first-order valence-corrected chi connectivity index (χ1v) is 9.13. The van der Waals surface area contributed by atoms with E-state index in [9.17, 15) is 4.79 Å². The number of hydrogen-bond acceptors (Lipinski definition) is 4. The van der Waals surface area contributed by atoms with Crippen molar-refractivity contribution in [1.29, 1.82) is 0 Å². The Bertz CT molecular complexity index is 744. The van der Waals surface area contributed by atoms with Crippen molar-refractivity contribution in [1.82, 2.24) is 4.90 Å². The number of esters is 1. The maximum atomic E-state index is 11.7. The number of benzene rings is 1. The summed E-state index contributed by atoms with van der Waals surface area (Å²) in [6, 6.07) is 13.3. The number of anilines is 2. The van der Waals surface area contributed by atoms with Crippen molar-refractivity contribution >= 4 is 34.8 Å². The summed E-state index contributed by atoms with van der Waals surface area (Å²) < 4.78 is 4.99. The van der Waals surface area contributed by atoms with Crippen LogP contribution < -0.4 is 15.2 Å². The van der Waals surface area contributed by atoms with E-state index in [1.807, 2.05) is 30.5 Å². The lowest BCUT2D eigenvalue weighted by atomic mass is 10.2. The molecular weight excluding hydrogens is 348 g/mol. The van der Waals surface area contributed by atoms with Crippen molar-refractivity contribution in [2.45, 2.75) is 6.92 Å². The van der Waals surface area contributed by atoms with Crippen molar-refractivity contribution in [3.05, 3.63) is 54.2 Å². The van der Waals surface area contributed by atoms with Crippen molar-refractivity contribution in [2.75, 3.05) is 43.0 Å². The van der Waals surface area contributed by atoms with Crippen LogP contribution in [0.15, 0.2) is 48.7 Å². The standard InChI is InChI=1S/C19H22N4O2S/c1-2-25-18(24)15-6-8-16(9-7-15)21-19(26)23-13-11-22(12-14-23)17-5-3-4-10-20-17/h3-10H,2,11-14H2,1H3,(H,21,26)/p+1. The molecule has 2 N–H and O–H groups in total. The van der Waals surface area contributed by atoms with Crippen LogP contribution in [0.2, 0.25) is 0 Å². The molecule has 26 heavy (non-hydrogen) atoms. The molecule has 2 heterocycles. The highest BCUT2D eigenvalue weighted by Gasteiger charge is 2.24. The Morgan fingerprint density at radius 1 is 1.15 bits per heavy atom. The summed E-state index contributed by atoms with van der Waals surface area (Å²) >= 11 is 5.53. The number of ether oxygens (including phenoxy) is 1. The predicted octanol–water partition coefficient (Wildman–Crippen LogP) is 2.20. The molecule has 3 rings (SSSR count). The number of nitrogens with zero attached hydrogens (tertiary/aromatic N) is 2. The number of rotatable bonds is 4. The molecule has 136 valence electrons. The topological polar surface area (TPSA) is 59.0 Å². The van der Waals surface area contributed by atoms with Gasteiger partial charge in [0.25, 0.3) is 5.82 Å². The molecule has 0 unspecified atom stereocenters. The maximum absolute atomic E-state index is 11.7. The van der Waals surface area contributed by atoms with Gasteiger partial charge in [-0.2, -0.15) is 0 Å². The number of carbonyl (C=O) groups is 1. The molecule has 1 aliphatic rings. The molecule has 7 heteroatoms. The third-order valence-electron chi connectivity index (χ3n) is 4.25. The zero-order valence-corrected chi connectivity index (χ0v) is 15.6. The molecule has 6 nitrogen and oxygen atoms in total. The zero-order valence-electron chi connectivity index (χ0n) is 14.8. The Morgan fingerprint density at radius 3 is 2.50 bits per heavy atom. The Labute approximate surface area is 158 Å². The minimum Gasteiger partial charge on any atom is -0.462 e. The number of nitrogens with one attached hydrogen (secondary N) is 2. The van der Waals surface area contributed by atoms with Crippen molar-refractivity contribution in [3.63, 3.8) is 0 Å². The number of hydrogen-bond donors (Lipinski definition) is 1. The maximum Gasteiger partial charge on any atom is 0.338 e. The first-order valence-electron chi connectivity index (χ1n) is 8.72. The van der Waals surface area contributed by atoms with Gasteiger partial charge in [-0.05, 0) is 49.5 Å². The molecule has 1 aromatic carbocycles. The lowest BCUT2D eigenvalue weighted by molar-refractivity contribution is -0.364. The molecule has 0 aliphatic carbocycles. The lowest BCUT2D eigenvalue weighted by Gasteiger charge is -2.32. The van der Waals surface area contributed by atoms with E-state index in [1.54, 1.807) is 19.1 Å². The van der Waals surface area contributed by atoms with Crippen LogP contribution in [0.5, 0.6) is 0 Å². The smallest absolute Gasteiger partial charge is 0.338 e. The predicted molar refractivity (Wildman–Crippen MR) is 105 cm³/mol. The van der Waals surface area contributed by atoms with E-state index in [4.69, 9.17) is 17.0 Å². The Hall–Kier alpha value is -2.67. The van der Waals surface area contributed by atoms with E-state index in [0.717, 1.165) is 37.7 Å². The van der Waals surface area contributed by atoms with Crippen LogP contribution in [0.25, 0.3) is 0 Å².